The van der Waals surface area contributed by atoms with Crippen LogP contribution in [0.2, 0.25) is 0 Å². The maximum absolute atomic E-state index is 11.0. The molecule has 0 bridgehead atoms. The highest BCUT2D eigenvalue weighted by Crippen LogP contribution is 2.28. The van der Waals surface area contributed by atoms with Crippen LogP contribution >= 0.6 is 0 Å². The van der Waals surface area contributed by atoms with Crippen molar-refractivity contribution in [2.24, 2.45) is 0 Å². The third-order valence-electron chi connectivity index (χ3n) is 4.42. The van der Waals surface area contributed by atoms with E-state index >= 15 is 0 Å². The standard InChI is InChI=1S/C20H25N3O3/c1-14-17(21-10-9-18(14)26-12-6-11-25-3)13-20(2,24)19-22-15-7-4-5-8-16(15)23-19/h4-5,7-10,24H,6,11-13H2,1-3H3,(H,22,23). The second-order valence-electron chi connectivity index (χ2n) is 6.63. The summed E-state index contributed by atoms with van der Waals surface area (Å²) in [6, 6.07) is 9.58. The van der Waals surface area contributed by atoms with Crippen molar-refractivity contribution in [3.05, 3.63) is 53.6 Å². The zero-order valence-electron chi connectivity index (χ0n) is 15.5. The molecule has 0 radical (unpaired) electrons. The molecule has 2 aromatic heterocycles. The Hall–Kier alpha value is -2.44. The minimum absolute atomic E-state index is 0.341. The lowest BCUT2D eigenvalue weighted by atomic mass is 9.96. The van der Waals surface area contributed by atoms with Gasteiger partial charge in [0.05, 0.1) is 23.3 Å². The zero-order chi connectivity index (χ0) is 18.6. The molecule has 0 saturated carbocycles. The second kappa shape index (κ2) is 7.85. The fourth-order valence-electron chi connectivity index (χ4n) is 2.90. The lowest BCUT2D eigenvalue weighted by molar-refractivity contribution is 0.0480. The van der Waals surface area contributed by atoms with Crippen molar-refractivity contribution in [2.45, 2.75) is 32.3 Å². The van der Waals surface area contributed by atoms with Crippen molar-refractivity contribution >= 4 is 11.0 Å². The van der Waals surface area contributed by atoms with Gasteiger partial charge in [-0.25, -0.2) is 4.98 Å². The molecular formula is C20H25N3O3. The molecule has 0 amide bonds. The van der Waals surface area contributed by atoms with Crippen LogP contribution in [0.15, 0.2) is 36.5 Å². The van der Waals surface area contributed by atoms with Crippen molar-refractivity contribution < 1.29 is 14.6 Å². The van der Waals surface area contributed by atoms with Gasteiger partial charge in [-0.1, -0.05) is 12.1 Å². The number of hydrogen-bond acceptors (Lipinski definition) is 5. The molecule has 0 saturated heterocycles. The van der Waals surface area contributed by atoms with Crippen LogP contribution in [0.25, 0.3) is 11.0 Å². The van der Waals surface area contributed by atoms with Crippen LogP contribution in [0.4, 0.5) is 0 Å². The normalized spacial score (nSPS) is 13.7. The quantitative estimate of drug-likeness (QED) is 0.607. The van der Waals surface area contributed by atoms with Gasteiger partial charge in [0, 0.05) is 38.3 Å². The van der Waals surface area contributed by atoms with Crippen molar-refractivity contribution in [2.75, 3.05) is 20.3 Å². The van der Waals surface area contributed by atoms with E-state index in [-0.39, 0.29) is 0 Å². The Labute approximate surface area is 153 Å². The van der Waals surface area contributed by atoms with E-state index in [1.807, 2.05) is 37.3 Å². The van der Waals surface area contributed by atoms with Gasteiger partial charge in [-0.15, -0.1) is 0 Å². The van der Waals surface area contributed by atoms with Gasteiger partial charge in [-0.05, 0) is 32.0 Å². The van der Waals surface area contributed by atoms with E-state index in [0.717, 1.165) is 34.5 Å². The molecule has 3 rings (SSSR count). The lowest BCUT2D eigenvalue weighted by Gasteiger charge is -2.22. The maximum Gasteiger partial charge on any atom is 0.139 e. The monoisotopic (exact) mass is 355 g/mol. The molecule has 1 aromatic carbocycles. The van der Waals surface area contributed by atoms with Gasteiger partial charge in [0.15, 0.2) is 0 Å². The lowest BCUT2D eigenvalue weighted by Crippen LogP contribution is -2.27. The number of aromatic amines is 1. The number of methoxy groups -OCH3 is 1. The first-order chi connectivity index (χ1) is 12.5. The second-order valence-corrected chi connectivity index (χ2v) is 6.63. The Morgan fingerprint density at radius 2 is 2.00 bits per heavy atom. The first kappa shape index (κ1) is 18.4. The Morgan fingerprint density at radius 3 is 2.77 bits per heavy atom. The first-order valence-electron chi connectivity index (χ1n) is 8.75. The molecule has 0 aliphatic carbocycles. The van der Waals surface area contributed by atoms with E-state index in [1.165, 1.54) is 0 Å². The summed E-state index contributed by atoms with van der Waals surface area (Å²) in [6.45, 7) is 4.95. The average molecular weight is 355 g/mol. The van der Waals surface area contributed by atoms with E-state index in [0.29, 0.717) is 25.5 Å². The number of hydrogen-bond donors (Lipinski definition) is 2. The minimum atomic E-state index is -1.16. The number of fused-ring (bicyclic) bond motifs is 1. The summed E-state index contributed by atoms with van der Waals surface area (Å²) in [5, 5.41) is 11.0. The van der Waals surface area contributed by atoms with E-state index in [4.69, 9.17) is 9.47 Å². The number of ether oxygens (including phenoxy) is 2. The summed E-state index contributed by atoms with van der Waals surface area (Å²) < 4.78 is 10.9. The molecule has 26 heavy (non-hydrogen) atoms. The number of para-hydroxylation sites is 2. The van der Waals surface area contributed by atoms with Crippen LogP contribution in [-0.2, 0) is 16.8 Å². The van der Waals surface area contributed by atoms with Crippen molar-refractivity contribution in [3.63, 3.8) is 0 Å². The van der Waals surface area contributed by atoms with Crippen molar-refractivity contribution in [3.8, 4) is 5.75 Å². The maximum atomic E-state index is 11.0. The van der Waals surface area contributed by atoms with Crippen molar-refractivity contribution in [1.29, 1.82) is 0 Å². The number of nitrogens with one attached hydrogen (secondary N) is 1. The number of benzene rings is 1. The molecule has 0 aliphatic heterocycles. The molecule has 1 unspecified atom stereocenters. The summed E-state index contributed by atoms with van der Waals surface area (Å²) in [5.41, 5.74) is 2.30. The fourth-order valence-corrected chi connectivity index (χ4v) is 2.90. The van der Waals surface area contributed by atoms with Gasteiger partial charge in [0.1, 0.15) is 17.2 Å². The van der Waals surface area contributed by atoms with Crippen molar-refractivity contribution in [1.82, 2.24) is 15.0 Å². The predicted molar refractivity (Wildman–Crippen MR) is 100 cm³/mol. The Kier molecular flexibility index (Phi) is 5.54. The highest BCUT2D eigenvalue weighted by molar-refractivity contribution is 5.74. The fraction of sp³-hybridized carbons (Fsp3) is 0.400. The van der Waals surface area contributed by atoms with Gasteiger partial charge in [0.25, 0.3) is 0 Å². The molecule has 0 spiro atoms. The Bertz CT molecular complexity index is 841. The van der Waals surface area contributed by atoms with Crippen LogP contribution in [0.1, 0.15) is 30.4 Å². The molecule has 0 aliphatic rings. The number of nitrogens with zero attached hydrogens (tertiary/aromatic N) is 2. The Balaban J connectivity index is 1.78. The SMILES string of the molecule is COCCCOc1ccnc(CC(C)(O)c2nc3ccccc3[nH]2)c1C. The number of imidazole rings is 1. The number of rotatable bonds is 8. The zero-order valence-corrected chi connectivity index (χ0v) is 15.5. The minimum Gasteiger partial charge on any atom is -0.493 e. The molecule has 1 atom stereocenters. The van der Waals surface area contributed by atoms with E-state index in [2.05, 4.69) is 15.0 Å². The van der Waals surface area contributed by atoms with Crippen LogP contribution < -0.4 is 4.74 Å². The van der Waals surface area contributed by atoms with Crippen LogP contribution in [0, 0.1) is 6.92 Å². The highest BCUT2D eigenvalue weighted by atomic mass is 16.5. The number of aromatic nitrogens is 3. The number of pyridine rings is 1. The largest absolute Gasteiger partial charge is 0.493 e. The molecule has 6 heteroatoms. The third-order valence-corrected chi connectivity index (χ3v) is 4.42. The van der Waals surface area contributed by atoms with Crippen LogP contribution in [0.5, 0.6) is 5.75 Å². The van der Waals surface area contributed by atoms with Gasteiger partial charge in [-0.2, -0.15) is 0 Å². The molecule has 6 nitrogen and oxygen atoms in total. The predicted octanol–water partition coefficient (Wildman–Crippen LogP) is 3.13. The van der Waals surface area contributed by atoms with Gasteiger partial charge < -0.3 is 19.6 Å². The number of H-pyrrole nitrogens is 1. The highest BCUT2D eigenvalue weighted by Gasteiger charge is 2.29. The molecule has 138 valence electrons. The summed E-state index contributed by atoms with van der Waals surface area (Å²) >= 11 is 0. The summed E-state index contributed by atoms with van der Waals surface area (Å²) in [5.74, 6) is 1.32. The summed E-state index contributed by atoms with van der Waals surface area (Å²) in [4.78, 5) is 12.2. The summed E-state index contributed by atoms with van der Waals surface area (Å²) in [7, 11) is 1.68. The third kappa shape index (κ3) is 4.03. The molecular weight excluding hydrogens is 330 g/mol. The summed E-state index contributed by atoms with van der Waals surface area (Å²) in [6.07, 6.45) is 2.88. The molecule has 2 N–H and O–H groups in total. The molecule has 0 fully saturated rings. The van der Waals surface area contributed by atoms with Gasteiger partial charge in [0.2, 0.25) is 0 Å². The number of aliphatic hydroxyl groups is 1. The molecule has 3 aromatic rings. The van der Waals surface area contributed by atoms with Gasteiger partial charge in [-0.3, -0.25) is 4.98 Å². The topological polar surface area (TPSA) is 80.3 Å². The van der Waals surface area contributed by atoms with E-state index < -0.39 is 5.60 Å². The smallest absolute Gasteiger partial charge is 0.139 e. The average Bonchev–Trinajstić information content (AvgIpc) is 3.07. The van der Waals surface area contributed by atoms with E-state index in [9.17, 15) is 5.11 Å². The van der Waals surface area contributed by atoms with E-state index in [1.54, 1.807) is 20.2 Å². The van der Waals surface area contributed by atoms with Crippen LogP contribution in [0.3, 0.4) is 0 Å². The molecule has 2 heterocycles. The Morgan fingerprint density at radius 1 is 1.19 bits per heavy atom. The van der Waals surface area contributed by atoms with Crippen LogP contribution in [-0.4, -0.2) is 40.4 Å². The van der Waals surface area contributed by atoms with Gasteiger partial charge >= 0.3 is 0 Å². The first-order valence-corrected chi connectivity index (χ1v) is 8.75.